The van der Waals surface area contributed by atoms with Gasteiger partial charge in [0, 0.05) is 0 Å². The fraction of sp³-hybridized carbons (Fsp3) is 0.500. The predicted molar refractivity (Wildman–Crippen MR) is 69.7 cm³/mol. The number of phenols is 1. The molecule has 0 amide bonds. The van der Waals surface area contributed by atoms with E-state index in [1.807, 2.05) is 13.8 Å². The molecule has 0 aliphatic heterocycles. The van der Waals surface area contributed by atoms with Crippen LogP contribution in [-0.4, -0.2) is 19.3 Å². The number of hydrogen-bond acceptors (Lipinski definition) is 3. The number of rotatable bonds is 5. The van der Waals surface area contributed by atoms with Crippen LogP contribution in [0.2, 0.25) is 0 Å². The topological polar surface area (TPSA) is 66.4 Å². The van der Waals surface area contributed by atoms with Gasteiger partial charge in [0.2, 0.25) is 10.0 Å². The summed E-state index contributed by atoms with van der Waals surface area (Å²) in [6.07, 6.45) is 0.631. The molecule has 0 saturated heterocycles. The van der Waals surface area contributed by atoms with Crippen molar-refractivity contribution in [1.29, 1.82) is 0 Å². The van der Waals surface area contributed by atoms with Crippen LogP contribution in [0.3, 0.4) is 0 Å². The molecule has 0 bridgehead atoms. The van der Waals surface area contributed by atoms with Crippen LogP contribution < -0.4 is 4.72 Å². The lowest BCUT2D eigenvalue weighted by Crippen LogP contribution is -2.18. The summed E-state index contributed by atoms with van der Waals surface area (Å²) in [5.74, 6) is 0.602. The molecule has 2 N–H and O–H groups in total. The maximum atomic E-state index is 11.8. The van der Waals surface area contributed by atoms with Crippen LogP contribution in [0.1, 0.15) is 25.8 Å². The second kappa shape index (κ2) is 5.40. The highest BCUT2D eigenvalue weighted by atomic mass is 32.2. The third-order valence-corrected chi connectivity index (χ3v) is 3.74. The average Bonchev–Trinajstić information content (AvgIpc) is 2.20. The van der Waals surface area contributed by atoms with E-state index in [1.165, 1.54) is 12.1 Å². The molecule has 0 aliphatic rings. The second-order valence-corrected chi connectivity index (χ2v) is 6.44. The Bertz CT molecular complexity index is 481. The van der Waals surface area contributed by atoms with Crippen molar-refractivity contribution in [3.8, 4) is 5.75 Å². The minimum Gasteiger partial charge on any atom is -0.508 e. The van der Waals surface area contributed by atoms with Crippen LogP contribution in [-0.2, 0) is 10.0 Å². The summed E-state index contributed by atoms with van der Waals surface area (Å²) >= 11 is 0. The molecule has 0 saturated carbocycles. The monoisotopic (exact) mass is 257 g/mol. The highest BCUT2D eigenvalue weighted by molar-refractivity contribution is 7.92. The molecule has 0 atom stereocenters. The smallest absolute Gasteiger partial charge is 0.232 e. The van der Waals surface area contributed by atoms with E-state index in [0.29, 0.717) is 23.6 Å². The van der Waals surface area contributed by atoms with Crippen molar-refractivity contribution in [2.45, 2.75) is 27.2 Å². The Labute approximate surface area is 103 Å². The molecule has 0 unspecified atom stereocenters. The first-order chi connectivity index (χ1) is 7.80. The Kier molecular flexibility index (Phi) is 4.40. The molecule has 96 valence electrons. The maximum absolute atomic E-state index is 11.8. The first-order valence-corrected chi connectivity index (χ1v) is 7.25. The Morgan fingerprint density at radius 1 is 1.35 bits per heavy atom. The van der Waals surface area contributed by atoms with E-state index in [-0.39, 0.29) is 11.5 Å². The van der Waals surface area contributed by atoms with Gasteiger partial charge in [-0.2, -0.15) is 0 Å². The zero-order valence-electron chi connectivity index (χ0n) is 10.4. The molecule has 1 aromatic carbocycles. The number of phenolic OH excluding ortho intramolecular Hbond substituents is 1. The van der Waals surface area contributed by atoms with Crippen molar-refractivity contribution in [2.24, 2.45) is 5.92 Å². The highest BCUT2D eigenvalue weighted by Crippen LogP contribution is 2.21. The Balaban J connectivity index is 2.76. The number of aryl methyl sites for hydroxylation is 1. The quantitative estimate of drug-likeness (QED) is 0.796. The van der Waals surface area contributed by atoms with Crippen LogP contribution in [0.25, 0.3) is 0 Å². The standard InChI is InChI=1S/C12H19NO3S/c1-9(2)6-7-17(15,16)13-12-5-4-11(14)8-10(12)3/h4-5,8-9,13-14H,6-7H2,1-3H3. The average molecular weight is 257 g/mol. The first kappa shape index (κ1) is 13.8. The number of sulfonamides is 1. The Morgan fingerprint density at radius 2 is 2.00 bits per heavy atom. The zero-order chi connectivity index (χ0) is 13.1. The summed E-state index contributed by atoms with van der Waals surface area (Å²) in [6.45, 7) is 5.72. The van der Waals surface area contributed by atoms with E-state index >= 15 is 0 Å². The van der Waals surface area contributed by atoms with Gasteiger partial charge in [-0.25, -0.2) is 8.42 Å². The number of aromatic hydroxyl groups is 1. The molecule has 0 heterocycles. The van der Waals surface area contributed by atoms with Crippen LogP contribution in [0.5, 0.6) is 5.75 Å². The second-order valence-electron chi connectivity index (χ2n) is 4.60. The van der Waals surface area contributed by atoms with Crippen molar-refractivity contribution in [1.82, 2.24) is 0 Å². The van der Waals surface area contributed by atoms with Crippen LogP contribution in [0.4, 0.5) is 5.69 Å². The molecular formula is C12H19NO3S. The minimum absolute atomic E-state index is 0.116. The minimum atomic E-state index is -3.30. The van der Waals surface area contributed by atoms with Crippen molar-refractivity contribution in [2.75, 3.05) is 10.5 Å². The van der Waals surface area contributed by atoms with E-state index in [1.54, 1.807) is 13.0 Å². The van der Waals surface area contributed by atoms with Gasteiger partial charge in [-0.15, -0.1) is 0 Å². The lowest BCUT2D eigenvalue weighted by atomic mass is 10.2. The van der Waals surface area contributed by atoms with Gasteiger partial charge in [0.25, 0.3) is 0 Å². The predicted octanol–water partition coefficient (Wildman–Crippen LogP) is 2.49. The lowest BCUT2D eigenvalue weighted by Gasteiger charge is -2.11. The third kappa shape index (κ3) is 4.65. The fourth-order valence-corrected chi connectivity index (χ4v) is 2.82. The van der Waals surface area contributed by atoms with E-state index in [2.05, 4.69) is 4.72 Å². The van der Waals surface area contributed by atoms with E-state index in [4.69, 9.17) is 0 Å². The number of benzene rings is 1. The fourth-order valence-electron chi connectivity index (χ4n) is 1.37. The van der Waals surface area contributed by atoms with E-state index in [0.717, 1.165) is 0 Å². The van der Waals surface area contributed by atoms with Gasteiger partial charge < -0.3 is 5.11 Å². The van der Waals surface area contributed by atoms with Crippen molar-refractivity contribution < 1.29 is 13.5 Å². The summed E-state index contributed by atoms with van der Waals surface area (Å²) < 4.78 is 26.1. The molecule has 5 heteroatoms. The SMILES string of the molecule is Cc1cc(O)ccc1NS(=O)(=O)CCC(C)C. The lowest BCUT2D eigenvalue weighted by molar-refractivity contribution is 0.475. The maximum Gasteiger partial charge on any atom is 0.232 e. The van der Waals surface area contributed by atoms with Gasteiger partial charge in [0.1, 0.15) is 5.75 Å². The van der Waals surface area contributed by atoms with E-state index < -0.39 is 10.0 Å². The molecule has 0 radical (unpaired) electrons. The first-order valence-electron chi connectivity index (χ1n) is 5.60. The molecule has 17 heavy (non-hydrogen) atoms. The number of anilines is 1. The van der Waals surface area contributed by atoms with Crippen LogP contribution in [0.15, 0.2) is 18.2 Å². The molecule has 4 nitrogen and oxygen atoms in total. The van der Waals surface area contributed by atoms with Crippen LogP contribution >= 0.6 is 0 Å². The summed E-state index contributed by atoms with van der Waals surface area (Å²) in [7, 11) is -3.30. The normalized spacial score (nSPS) is 11.8. The van der Waals surface area contributed by atoms with Gasteiger partial charge in [-0.05, 0) is 43.0 Å². The number of hydrogen-bond donors (Lipinski definition) is 2. The van der Waals surface area contributed by atoms with Crippen LogP contribution in [0, 0.1) is 12.8 Å². The van der Waals surface area contributed by atoms with Gasteiger partial charge in [0.05, 0.1) is 11.4 Å². The molecule has 1 rings (SSSR count). The summed E-state index contributed by atoms with van der Waals surface area (Å²) in [6, 6.07) is 4.56. The summed E-state index contributed by atoms with van der Waals surface area (Å²) in [5.41, 5.74) is 1.23. The zero-order valence-corrected chi connectivity index (χ0v) is 11.2. The number of nitrogens with one attached hydrogen (secondary N) is 1. The molecule has 0 aromatic heterocycles. The van der Waals surface area contributed by atoms with Gasteiger partial charge >= 0.3 is 0 Å². The Morgan fingerprint density at radius 3 is 2.53 bits per heavy atom. The molecule has 0 fully saturated rings. The van der Waals surface area contributed by atoms with Gasteiger partial charge in [0.15, 0.2) is 0 Å². The van der Waals surface area contributed by atoms with Gasteiger partial charge in [-0.3, -0.25) is 4.72 Å². The highest BCUT2D eigenvalue weighted by Gasteiger charge is 2.12. The summed E-state index contributed by atoms with van der Waals surface area (Å²) in [5, 5.41) is 9.23. The van der Waals surface area contributed by atoms with Gasteiger partial charge in [-0.1, -0.05) is 13.8 Å². The van der Waals surface area contributed by atoms with E-state index in [9.17, 15) is 13.5 Å². The van der Waals surface area contributed by atoms with Crippen molar-refractivity contribution >= 4 is 15.7 Å². The van der Waals surface area contributed by atoms with Crippen molar-refractivity contribution in [3.05, 3.63) is 23.8 Å². The molecule has 0 aliphatic carbocycles. The Hall–Kier alpha value is -1.23. The van der Waals surface area contributed by atoms with Crippen molar-refractivity contribution in [3.63, 3.8) is 0 Å². The third-order valence-electron chi connectivity index (χ3n) is 2.44. The molecular weight excluding hydrogens is 238 g/mol. The molecule has 0 spiro atoms. The largest absolute Gasteiger partial charge is 0.508 e. The molecule has 1 aromatic rings. The summed E-state index contributed by atoms with van der Waals surface area (Å²) in [4.78, 5) is 0.